The fourth-order valence-electron chi connectivity index (χ4n) is 2.25. The van der Waals surface area contributed by atoms with Crippen LogP contribution in [-0.4, -0.2) is 31.9 Å². The molecule has 2 atom stereocenters. The Labute approximate surface area is 115 Å². The van der Waals surface area contributed by atoms with Gasteiger partial charge in [-0.05, 0) is 31.4 Å². The summed E-state index contributed by atoms with van der Waals surface area (Å²) in [4.78, 5) is -0.846. The van der Waals surface area contributed by atoms with E-state index in [0.29, 0.717) is 12.5 Å². The molecule has 0 amide bonds. The van der Waals surface area contributed by atoms with Crippen LogP contribution in [0.1, 0.15) is 13.3 Å². The maximum absolute atomic E-state index is 13.6. The van der Waals surface area contributed by atoms with Crippen molar-refractivity contribution < 1.29 is 21.6 Å². The molecule has 112 valence electrons. The van der Waals surface area contributed by atoms with Gasteiger partial charge in [0.1, 0.15) is 4.90 Å². The van der Waals surface area contributed by atoms with Gasteiger partial charge in [0.15, 0.2) is 17.5 Å². The minimum atomic E-state index is -4.18. The van der Waals surface area contributed by atoms with Crippen molar-refractivity contribution in [3.05, 3.63) is 29.6 Å². The standard InChI is InChI=1S/C12H15F3N2O2S/c1-7(16)8-4-5-17(6-8)20(18,19)10-3-2-9(13)11(14)12(10)15/h2-3,7-8H,4-6,16H2,1H3. The van der Waals surface area contributed by atoms with Crippen LogP contribution < -0.4 is 5.73 Å². The zero-order valence-corrected chi connectivity index (χ0v) is 11.6. The van der Waals surface area contributed by atoms with Gasteiger partial charge in [-0.15, -0.1) is 0 Å². The van der Waals surface area contributed by atoms with Gasteiger partial charge in [-0.2, -0.15) is 4.31 Å². The highest BCUT2D eigenvalue weighted by Crippen LogP contribution is 2.28. The van der Waals surface area contributed by atoms with Gasteiger partial charge in [-0.1, -0.05) is 0 Å². The van der Waals surface area contributed by atoms with Crippen molar-refractivity contribution in [1.29, 1.82) is 0 Å². The third-order valence-corrected chi connectivity index (χ3v) is 5.43. The summed E-state index contributed by atoms with van der Waals surface area (Å²) in [6.45, 7) is 2.10. The quantitative estimate of drug-likeness (QED) is 0.860. The van der Waals surface area contributed by atoms with Gasteiger partial charge in [0.05, 0.1) is 0 Å². The van der Waals surface area contributed by atoms with Crippen molar-refractivity contribution in [3.8, 4) is 0 Å². The van der Waals surface area contributed by atoms with Gasteiger partial charge in [0, 0.05) is 19.1 Å². The molecule has 4 nitrogen and oxygen atoms in total. The van der Waals surface area contributed by atoms with Crippen molar-refractivity contribution in [2.24, 2.45) is 11.7 Å². The largest absolute Gasteiger partial charge is 0.328 e. The molecule has 1 aliphatic heterocycles. The first kappa shape index (κ1) is 15.3. The number of halogens is 3. The highest BCUT2D eigenvalue weighted by molar-refractivity contribution is 7.89. The maximum Gasteiger partial charge on any atom is 0.246 e. The molecule has 1 fully saturated rings. The second-order valence-electron chi connectivity index (χ2n) is 4.94. The molecule has 0 aromatic heterocycles. The Morgan fingerprint density at radius 3 is 2.50 bits per heavy atom. The van der Waals surface area contributed by atoms with Crippen LogP contribution in [0.2, 0.25) is 0 Å². The molecule has 0 bridgehead atoms. The molecule has 0 aliphatic carbocycles. The van der Waals surface area contributed by atoms with Crippen molar-refractivity contribution in [3.63, 3.8) is 0 Å². The predicted molar refractivity (Wildman–Crippen MR) is 66.8 cm³/mol. The van der Waals surface area contributed by atoms with E-state index in [2.05, 4.69) is 0 Å². The number of nitrogens with zero attached hydrogens (tertiary/aromatic N) is 1. The zero-order valence-electron chi connectivity index (χ0n) is 10.8. The van der Waals surface area contributed by atoms with Crippen molar-refractivity contribution in [2.45, 2.75) is 24.3 Å². The lowest BCUT2D eigenvalue weighted by Crippen LogP contribution is -2.33. The molecule has 20 heavy (non-hydrogen) atoms. The summed E-state index contributed by atoms with van der Waals surface area (Å²) in [6, 6.07) is 1.15. The topological polar surface area (TPSA) is 63.4 Å². The Morgan fingerprint density at radius 1 is 1.30 bits per heavy atom. The fourth-order valence-corrected chi connectivity index (χ4v) is 3.82. The summed E-state index contributed by atoms with van der Waals surface area (Å²) in [7, 11) is -4.18. The van der Waals surface area contributed by atoms with Gasteiger partial charge in [-0.25, -0.2) is 21.6 Å². The minimum Gasteiger partial charge on any atom is -0.328 e. The predicted octanol–water partition coefficient (Wildman–Crippen LogP) is 1.46. The molecule has 0 saturated carbocycles. The molecular formula is C12H15F3N2O2S. The Bertz CT molecular complexity index is 619. The highest BCUT2D eigenvalue weighted by Gasteiger charge is 2.36. The van der Waals surface area contributed by atoms with Gasteiger partial charge >= 0.3 is 0 Å². The molecule has 2 N–H and O–H groups in total. The Morgan fingerprint density at radius 2 is 1.95 bits per heavy atom. The van der Waals surface area contributed by atoms with Crippen molar-refractivity contribution >= 4 is 10.0 Å². The molecule has 2 unspecified atom stereocenters. The number of nitrogens with two attached hydrogens (primary N) is 1. The smallest absolute Gasteiger partial charge is 0.246 e. The van der Waals surface area contributed by atoms with E-state index in [0.717, 1.165) is 10.4 Å². The zero-order chi connectivity index (χ0) is 15.1. The van der Waals surface area contributed by atoms with Crippen LogP contribution in [0, 0.1) is 23.4 Å². The van der Waals surface area contributed by atoms with E-state index in [1.807, 2.05) is 0 Å². The SMILES string of the molecule is CC(N)C1CCN(S(=O)(=O)c2ccc(F)c(F)c2F)C1. The van der Waals surface area contributed by atoms with E-state index < -0.39 is 32.4 Å². The summed E-state index contributed by atoms with van der Waals surface area (Å²) >= 11 is 0. The van der Waals surface area contributed by atoms with E-state index in [-0.39, 0.29) is 25.0 Å². The fraction of sp³-hybridized carbons (Fsp3) is 0.500. The first-order chi connectivity index (χ1) is 9.25. The van der Waals surface area contributed by atoms with E-state index in [1.54, 1.807) is 6.92 Å². The summed E-state index contributed by atoms with van der Waals surface area (Å²) < 4.78 is 65.2. The van der Waals surface area contributed by atoms with Gasteiger partial charge in [0.25, 0.3) is 0 Å². The third-order valence-electron chi connectivity index (χ3n) is 3.55. The van der Waals surface area contributed by atoms with Crippen molar-refractivity contribution in [1.82, 2.24) is 4.31 Å². The van der Waals surface area contributed by atoms with Crippen LogP contribution >= 0.6 is 0 Å². The van der Waals surface area contributed by atoms with Gasteiger partial charge < -0.3 is 5.73 Å². The molecular weight excluding hydrogens is 293 g/mol. The lowest BCUT2D eigenvalue weighted by atomic mass is 10.0. The number of hydrogen-bond acceptors (Lipinski definition) is 3. The second kappa shape index (κ2) is 5.34. The molecule has 1 aliphatic rings. The number of hydrogen-bond donors (Lipinski definition) is 1. The van der Waals surface area contributed by atoms with Crippen LogP contribution in [0.15, 0.2) is 17.0 Å². The molecule has 1 saturated heterocycles. The average Bonchev–Trinajstić information content (AvgIpc) is 2.86. The summed E-state index contributed by atoms with van der Waals surface area (Å²) in [5.41, 5.74) is 5.71. The number of benzene rings is 1. The summed E-state index contributed by atoms with van der Waals surface area (Å²) in [5, 5.41) is 0. The second-order valence-corrected chi connectivity index (χ2v) is 6.85. The van der Waals surface area contributed by atoms with Crippen LogP contribution in [0.3, 0.4) is 0 Å². The van der Waals surface area contributed by atoms with E-state index in [1.165, 1.54) is 0 Å². The van der Waals surface area contributed by atoms with E-state index in [9.17, 15) is 21.6 Å². The number of rotatable bonds is 3. The molecule has 8 heteroatoms. The molecule has 0 spiro atoms. The monoisotopic (exact) mass is 308 g/mol. The van der Waals surface area contributed by atoms with Crippen molar-refractivity contribution in [2.75, 3.05) is 13.1 Å². The first-order valence-corrected chi connectivity index (χ1v) is 7.58. The third kappa shape index (κ3) is 2.55. The minimum absolute atomic E-state index is 0.0295. The molecule has 1 aromatic rings. The Hall–Kier alpha value is -1.12. The van der Waals surface area contributed by atoms with Gasteiger partial charge in [-0.3, -0.25) is 0 Å². The molecule has 1 aromatic carbocycles. The highest BCUT2D eigenvalue weighted by atomic mass is 32.2. The van der Waals surface area contributed by atoms with Crippen LogP contribution in [0.25, 0.3) is 0 Å². The summed E-state index contributed by atoms with van der Waals surface area (Å²) in [6.07, 6.45) is 0.558. The molecule has 1 heterocycles. The van der Waals surface area contributed by atoms with E-state index >= 15 is 0 Å². The lowest BCUT2D eigenvalue weighted by molar-refractivity contribution is 0.412. The lowest BCUT2D eigenvalue weighted by Gasteiger charge is -2.18. The van der Waals surface area contributed by atoms with Crippen LogP contribution in [0.4, 0.5) is 13.2 Å². The molecule has 2 rings (SSSR count). The van der Waals surface area contributed by atoms with Crippen LogP contribution in [0.5, 0.6) is 0 Å². The summed E-state index contributed by atoms with van der Waals surface area (Å²) in [5.74, 6) is -4.92. The number of sulfonamides is 1. The average molecular weight is 308 g/mol. The first-order valence-electron chi connectivity index (χ1n) is 6.14. The molecule has 0 radical (unpaired) electrons. The maximum atomic E-state index is 13.6. The van der Waals surface area contributed by atoms with Crippen LogP contribution in [-0.2, 0) is 10.0 Å². The van der Waals surface area contributed by atoms with Gasteiger partial charge in [0.2, 0.25) is 10.0 Å². The Kier molecular flexibility index (Phi) is 4.08. The normalized spacial score (nSPS) is 22.1. The Balaban J connectivity index is 2.35. The van der Waals surface area contributed by atoms with E-state index in [4.69, 9.17) is 5.73 Å².